The van der Waals surface area contributed by atoms with Crippen LogP contribution in [0.2, 0.25) is 30.1 Å². The van der Waals surface area contributed by atoms with Crippen LogP contribution < -0.4 is 0 Å². The number of nitrogens with zero attached hydrogens (tertiary/aromatic N) is 1. The number of benzene rings is 2. The molecule has 0 fully saturated rings. The van der Waals surface area contributed by atoms with Crippen LogP contribution in [0.1, 0.15) is 5.56 Å². The van der Waals surface area contributed by atoms with Gasteiger partial charge >= 0.3 is 5.97 Å². The highest BCUT2D eigenvalue weighted by Crippen LogP contribution is 2.44. The maximum absolute atomic E-state index is 11.6. The molecule has 0 unspecified atom stereocenters. The zero-order chi connectivity index (χ0) is 20.6. The number of rotatable bonds is 4. The molecule has 2 aromatic carbocycles. The summed E-state index contributed by atoms with van der Waals surface area (Å²) in [5.74, 6) is -1.06. The van der Waals surface area contributed by atoms with Gasteiger partial charge in [-0.3, -0.25) is 9.78 Å². The van der Waals surface area contributed by atoms with E-state index in [1.54, 1.807) is 0 Å². The first kappa shape index (κ1) is 21.5. The van der Waals surface area contributed by atoms with Gasteiger partial charge in [0, 0.05) is 44.7 Å². The van der Waals surface area contributed by atoms with Crippen molar-refractivity contribution in [1.29, 1.82) is 0 Å². The molecule has 0 amide bonds. The second kappa shape index (κ2) is 8.66. The fraction of sp³-hybridized carbons (Fsp3) is 0.0526. The van der Waals surface area contributed by atoms with Crippen molar-refractivity contribution in [3.05, 3.63) is 72.4 Å². The van der Waals surface area contributed by atoms with Crippen LogP contribution in [0, 0.1) is 0 Å². The molecule has 1 heterocycles. The molecule has 28 heavy (non-hydrogen) atoms. The molecule has 0 bridgehead atoms. The molecule has 0 saturated carbocycles. The van der Waals surface area contributed by atoms with Gasteiger partial charge in [0.15, 0.2) is 0 Å². The van der Waals surface area contributed by atoms with Crippen LogP contribution in [0.3, 0.4) is 0 Å². The molecule has 9 heteroatoms. The summed E-state index contributed by atoms with van der Waals surface area (Å²) in [6, 6.07) is 6.07. The van der Waals surface area contributed by atoms with E-state index < -0.39 is 5.97 Å². The van der Waals surface area contributed by atoms with Gasteiger partial charge in [0.25, 0.3) is 0 Å². The van der Waals surface area contributed by atoms with E-state index in [0.29, 0.717) is 37.9 Å². The van der Waals surface area contributed by atoms with Crippen molar-refractivity contribution < 1.29 is 9.90 Å². The predicted molar refractivity (Wildman–Crippen MR) is 117 cm³/mol. The number of carboxylic acids is 1. The number of halogens is 6. The van der Waals surface area contributed by atoms with Crippen molar-refractivity contribution in [2.45, 2.75) is 6.42 Å². The summed E-state index contributed by atoms with van der Waals surface area (Å²) < 4.78 is 0. The fourth-order valence-electron chi connectivity index (χ4n) is 2.86. The van der Waals surface area contributed by atoms with Gasteiger partial charge in [-0.05, 0) is 29.8 Å². The topological polar surface area (TPSA) is 50.2 Å². The monoisotopic (exact) mass is 493 g/mol. The third-order valence-corrected chi connectivity index (χ3v) is 5.57. The Hall–Kier alpha value is -1.20. The second-order valence-electron chi connectivity index (χ2n) is 5.77. The van der Waals surface area contributed by atoms with E-state index in [9.17, 15) is 9.90 Å². The van der Waals surface area contributed by atoms with Crippen LogP contribution in [0.5, 0.6) is 0 Å². The Labute approximate surface area is 190 Å². The number of aromatic nitrogens is 1. The average molecular weight is 496 g/mol. The Balaban J connectivity index is 2.37. The molecule has 0 aliphatic heterocycles. The Morgan fingerprint density at radius 3 is 1.43 bits per heavy atom. The van der Waals surface area contributed by atoms with E-state index in [1.165, 1.54) is 36.7 Å². The molecule has 0 aliphatic rings. The summed E-state index contributed by atoms with van der Waals surface area (Å²) >= 11 is 37.4. The molecule has 0 atom stereocenters. The van der Waals surface area contributed by atoms with Gasteiger partial charge in [-0.1, -0.05) is 69.6 Å². The Morgan fingerprint density at radius 1 is 0.750 bits per heavy atom. The molecule has 3 nitrogen and oxygen atoms in total. The van der Waals surface area contributed by atoms with E-state index in [0.717, 1.165) is 0 Å². The molecule has 0 aliphatic carbocycles. The van der Waals surface area contributed by atoms with Crippen LogP contribution in [0.25, 0.3) is 22.3 Å². The molecule has 3 aromatic rings. The minimum absolute atomic E-state index is 0.261. The average Bonchev–Trinajstić information content (AvgIpc) is 2.55. The minimum atomic E-state index is -1.06. The highest BCUT2D eigenvalue weighted by Gasteiger charge is 2.22. The Bertz CT molecular complexity index is 978. The van der Waals surface area contributed by atoms with Crippen molar-refractivity contribution in [2.75, 3.05) is 0 Å². The van der Waals surface area contributed by atoms with E-state index in [-0.39, 0.29) is 26.5 Å². The van der Waals surface area contributed by atoms with Gasteiger partial charge in [-0.25, -0.2) is 0 Å². The molecule has 1 aromatic heterocycles. The number of aliphatic carboxylic acids is 1. The summed E-state index contributed by atoms with van der Waals surface area (Å²) in [6.07, 6.45) is 2.64. The first-order chi connectivity index (χ1) is 13.2. The van der Waals surface area contributed by atoms with Crippen LogP contribution in [-0.2, 0) is 11.2 Å². The summed E-state index contributed by atoms with van der Waals surface area (Å²) in [4.78, 5) is 15.8. The number of carbonyl (C=O) groups is 1. The zero-order valence-corrected chi connectivity index (χ0v) is 18.3. The lowest BCUT2D eigenvalue weighted by molar-refractivity contribution is -0.136. The van der Waals surface area contributed by atoms with Gasteiger partial charge in [-0.2, -0.15) is 0 Å². The predicted octanol–water partition coefficient (Wildman–Crippen LogP) is 7.96. The molecule has 3 rings (SSSR count). The Kier molecular flexibility index (Phi) is 6.65. The number of carboxylic acid groups (broad SMARTS) is 1. The largest absolute Gasteiger partial charge is 0.481 e. The highest BCUT2D eigenvalue weighted by molar-refractivity contribution is 6.43. The quantitative estimate of drug-likeness (QED) is 0.399. The zero-order valence-electron chi connectivity index (χ0n) is 13.7. The van der Waals surface area contributed by atoms with Gasteiger partial charge in [0.05, 0.1) is 26.5 Å². The molecular weight excluding hydrogens is 487 g/mol. The highest BCUT2D eigenvalue weighted by atomic mass is 35.5. The molecule has 1 N–H and O–H groups in total. The third-order valence-electron chi connectivity index (χ3n) is 3.94. The standard InChI is InChI=1S/C19H9Cl6NO2/c20-8-1-13(22)18(14(23)2-8)11-6-26-7-12(10(11)5-17(27)28)19-15(24)3-9(21)4-16(19)25/h1-4,6-7H,5H2,(H,27,28). The van der Waals surface area contributed by atoms with Crippen LogP contribution in [0.15, 0.2) is 36.7 Å². The molecule has 144 valence electrons. The third kappa shape index (κ3) is 4.35. The summed E-state index contributed by atoms with van der Waals surface area (Å²) in [5, 5.41) is 11.2. The Morgan fingerprint density at radius 2 is 1.11 bits per heavy atom. The smallest absolute Gasteiger partial charge is 0.307 e. The van der Waals surface area contributed by atoms with E-state index in [2.05, 4.69) is 4.98 Å². The van der Waals surface area contributed by atoms with E-state index >= 15 is 0 Å². The van der Waals surface area contributed by atoms with Crippen molar-refractivity contribution in [3.8, 4) is 22.3 Å². The van der Waals surface area contributed by atoms with E-state index in [4.69, 9.17) is 69.6 Å². The van der Waals surface area contributed by atoms with Crippen molar-refractivity contribution >= 4 is 75.6 Å². The van der Waals surface area contributed by atoms with Crippen LogP contribution in [-0.4, -0.2) is 16.1 Å². The van der Waals surface area contributed by atoms with Gasteiger partial charge in [0.1, 0.15) is 0 Å². The summed E-state index contributed by atoms with van der Waals surface area (Å²) in [6.45, 7) is 0. The number of hydrogen-bond donors (Lipinski definition) is 1. The van der Waals surface area contributed by atoms with Crippen molar-refractivity contribution in [3.63, 3.8) is 0 Å². The summed E-state index contributed by atoms with van der Waals surface area (Å²) in [5.41, 5.74) is 2.11. The lowest BCUT2D eigenvalue weighted by Gasteiger charge is -2.17. The number of hydrogen-bond acceptors (Lipinski definition) is 2. The van der Waals surface area contributed by atoms with Crippen molar-refractivity contribution in [2.24, 2.45) is 0 Å². The molecule has 0 radical (unpaired) electrons. The lowest BCUT2D eigenvalue weighted by Crippen LogP contribution is -2.05. The maximum Gasteiger partial charge on any atom is 0.307 e. The molecule has 0 spiro atoms. The number of pyridine rings is 1. The fourth-order valence-corrected chi connectivity index (χ4v) is 4.90. The minimum Gasteiger partial charge on any atom is -0.481 e. The summed E-state index contributed by atoms with van der Waals surface area (Å²) in [7, 11) is 0. The van der Waals surface area contributed by atoms with Gasteiger partial charge in [-0.15, -0.1) is 0 Å². The van der Waals surface area contributed by atoms with Crippen LogP contribution >= 0.6 is 69.6 Å². The van der Waals surface area contributed by atoms with Crippen molar-refractivity contribution in [1.82, 2.24) is 4.98 Å². The van der Waals surface area contributed by atoms with Crippen LogP contribution in [0.4, 0.5) is 0 Å². The first-order valence-electron chi connectivity index (χ1n) is 7.67. The van der Waals surface area contributed by atoms with Gasteiger partial charge < -0.3 is 5.11 Å². The lowest BCUT2D eigenvalue weighted by atomic mass is 9.92. The van der Waals surface area contributed by atoms with E-state index in [1.807, 2.05) is 0 Å². The SMILES string of the molecule is O=C(O)Cc1c(-c2c(Cl)cc(Cl)cc2Cl)cncc1-c1c(Cl)cc(Cl)cc1Cl. The second-order valence-corrected chi connectivity index (χ2v) is 8.27. The van der Waals surface area contributed by atoms with Gasteiger partial charge in [0.2, 0.25) is 0 Å². The molecular formula is C19H9Cl6NO2. The maximum atomic E-state index is 11.6. The first-order valence-corrected chi connectivity index (χ1v) is 9.94. The molecule has 0 saturated heterocycles. The normalized spacial score (nSPS) is 10.9.